The van der Waals surface area contributed by atoms with E-state index in [1.807, 2.05) is 24.3 Å². The number of rotatable bonds is 4. The summed E-state index contributed by atoms with van der Waals surface area (Å²) in [6.45, 7) is 0. The molecule has 18 heavy (non-hydrogen) atoms. The van der Waals surface area contributed by atoms with Crippen molar-refractivity contribution in [3.8, 4) is 0 Å². The Bertz CT molecular complexity index is 531. The van der Waals surface area contributed by atoms with Crippen LogP contribution >= 0.6 is 22.6 Å². The Morgan fingerprint density at radius 1 is 1.17 bits per heavy atom. The normalized spacial score (nSPS) is 12.4. The van der Waals surface area contributed by atoms with Gasteiger partial charge in [0.25, 0.3) is 0 Å². The van der Waals surface area contributed by atoms with Gasteiger partial charge in [0.1, 0.15) is 5.82 Å². The first-order valence-corrected chi connectivity index (χ1v) is 6.73. The van der Waals surface area contributed by atoms with Gasteiger partial charge in [-0.1, -0.05) is 24.3 Å². The molecule has 0 spiro atoms. The van der Waals surface area contributed by atoms with Crippen LogP contribution in [0.4, 0.5) is 4.39 Å². The number of nitrogens with two attached hydrogens (primary N) is 1. The van der Waals surface area contributed by atoms with E-state index in [1.165, 1.54) is 12.1 Å². The third-order valence-corrected chi connectivity index (χ3v) is 3.45. The lowest BCUT2D eigenvalue weighted by Crippen LogP contribution is -2.29. The van der Waals surface area contributed by atoms with Crippen LogP contribution in [0, 0.1) is 9.39 Å². The van der Waals surface area contributed by atoms with Crippen molar-refractivity contribution in [1.29, 1.82) is 0 Å². The van der Waals surface area contributed by atoms with Gasteiger partial charge in [0.2, 0.25) is 0 Å². The zero-order chi connectivity index (χ0) is 13.0. The molecule has 0 radical (unpaired) electrons. The molecule has 0 fully saturated rings. The average molecular weight is 356 g/mol. The standard InChI is InChI=1S/C14H14FIN2/c15-12-5-1-3-10(7-12)8-14(18-17)11-4-2-6-13(16)9-11/h1-7,9,14,18H,8,17H2. The van der Waals surface area contributed by atoms with Gasteiger partial charge in [0.15, 0.2) is 0 Å². The summed E-state index contributed by atoms with van der Waals surface area (Å²) < 4.78 is 14.3. The zero-order valence-corrected chi connectivity index (χ0v) is 11.9. The highest BCUT2D eigenvalue weighted by molar-refractivity contribution is 14.1. The van der Waals surface area contributed by atoms with Gasteiger partial charge < -0.3 is 0 Å². The Morgan fingerprint density at radius 3 is 2.61 bits per heavy atom. The van der Waals surface area contributed by atoms with Crippen LogP contribution in [0.5, 0.6) is 0 Å². The topological polar surface area (TPSA) is 38.0 Å². The predicted molar refractivity (Wildman–Crippen MR) is 79.3 cm³/mol. The Kier molecular flexibility index (Phi) is 4.68. The molecule has 0 aliphatic carbocycles. The highest BCUT2D eigenvalue weighted by Gasteiger charge is 2.11. The lowest BCUT2D eigenvalue weighted by atomic mass is 9.99. The molecule has 0 aliphatic rings. The Labute approximate surface area is 120 Å². The third-order valence-electron chi connectivity index (χ3n) is 2.78. The van der Waals surface area contributed by atoms with E-state index in [9.17, 15) is 4.39 Å². The van der Waals surface area contributed by atoms with Crippen LogP contribution in [0.2, 0.25) is 0 Å². The summed E-state index contributed by atoms with van der Waals surface area (Å²) in [7, 11) is 0. The van der Waals surface area contributed by atoms with Gasteiger partial charge in [-0.25, -0.2) is 4.39 Å². The van der Waals surface area contributed by atoms with Crippen molar-refractivity contribution in [2.45, 2.75) is 12.5 Å². The van der Waals surface area contributed by atoms with E-state index < -0.39 is 0 Å². The van der Waals surface area contributed by atoms with Crippen molar-refractivity contribution in [3.05, 3.63) is 69.0 Å². The summed E-state index contributed by atoms with van der Waals surface area (Å²) in [6.07, 6.45) is 0.661. The lowest BCUT2D eigenvalue weighted by molar-refractivity contribution is 0.548. The molecular weight excluding hydrogens is 342 g/mol. The quantitative estimate of drug-likeness (QED) is 0.502. The third kappa shape index (κ3) is 3.51. The molecule has 0 saturated carbocycles. The van der Waals surface area contributed by atoms with Gasteiger partial charge in [-0.3, -0.25) is 11.3 Å². The van der Waals surface area contributed by atoms with Crippen molar-refractivity contribution in [2.24, 2.45) is 5.84 Å². The predicted octanol–water partition coefficient (Wildman–Crippen LogP) is 3.18. The van der Waals surface area contributed by atoms with Crippen molar-refractivity contribution in [2.75, 3.05) is 0 Å². The number of hydrogen-bond acceptors (Lipinski definition) is 2. The second-order valence-electron chi connectivity index (χ2n) is 4.11. The Balaban J connectivity index is 2.19. The molecule has 0 saturated heterocycles. The minimum atomic E-state index is -0.217. The largest absolute Gasteiger partial charge is 0.271 e. The molecule has 2 aromatic rings. The molecule has 1 atom stereocenters. The van der Waals surface area contributed by atoms with Gasteiger partial charge in [-0.15, -0.1) is 0 Å². The number of halogens is 2. The highest BCUT2D eigenvalue weighted by atomic mass is 127. The van der Waals surface area contributed by atoms with Gasteiger partial charge >= 0.3 is 0 Å². The maximum absolute atomic E-state index is 13.1. The van der Waals surface area contributed by atoms with Crippen LogP contribution in [0.3, 0.4) is 0 Å². The molecule has 4 heteroatoms. The lowest BCUT2D eigenvalue weighted by Gasteiger charge is -2.16. The van der Waals surface area contributed by atoms with Gasteiger partial charge in [0.05, 0.1) is 6.04 Å². The van der Waals surface area contributed by atoms with E-state index in [-0.39, 0.29) is 11.9 Å². The molecule has 94 valence electrons. The molecule has 0 aliphatic heterocycles. The molecular formula is C14H14FIN2. The summed E-state index contributed by atoms with van der Waals surface area (Å²) >= 11 is 2.26. The molecule has 2 aromatic carbocycles. The molecule has 0 aromatic heterocycles. The van der Waals surface area contributed by atoms with Gasteiger partial charge in [-0.2, -0.15) is 0 Å². The maximum Gasteiger partial charge on any atom is 0.123 e. The van der Waals surface area contributed by atoms with E-state index in [4.69, 9.17) is 5.84 Å². The van der Waals surface area contributed by atoms with E-state index >= 15 is 0 Å². The molecule has 3 N–H and O–H groups in total. The SMILES string of the molecule is NNC(Cc1cccc(F)c1)c1cccc(I)c1. The van der Waals surface area contributed by atoms with Crippen LogP contribution in [0.1, 0.15) is 17.2 Å². The van der Waals surface area contributed by atoms with Crippen LogP contribution in [0.15, 0.2) is 48.5 Å². The first-order chi connectivity index (χ1) is 8.69. The highest BCUT2D eigenvalue weighted by Crippen LogP contribution is 2.20. The van der Waals surface area contributed by atoms with Crippen molar-refractivity contribution in [3.63, 3.8) is 0 Å². The van der Waals surface area contributed by atoms with Gasteiger partial charge in [-0.05, 0) is 64.4 Å². The van der Waals surface area contributed by atoms with E-state index in [1.54, 1.807) is 6.07 Å². The maximum atomic E-state index is 13.1. The van der Waals surface area contributed by atoms with Crippen LogP contribution in [0.25, 0.3) is 0 Å². The summed E-state index contributed by atoms with van der Waals surface area (Å²) in [5.74, 6) is 5.38. The molecule has 0 heterocycles. The number of hydrogen-bond donors (Lipinski definition) is 2. The van der Waals surface area contributed by atoms with Crippen LogP contribution < -0.4 is 11.3 Å². The van der Waals surface area contributed by atoms with E-state index in [2.05, 4.69) is 34.1 Å². The van der Waals surface area contributed by atoms with Crippen molar-refractivity contribution >= 4 is 22.6 Å². The second kappa shape index (κ2) is 6.26. The number of hydrazine groups is 1. The monoisotopic (exact) mass is 356 g/mol. The molecule has 2 nitrogen and oxygen atoms in total. The summed E-state index contributed by atoms with van der Waals surface area (Å²) in [6, 6.07) is 14.7. The van der Waals surface area contributed by atoms with Gasteiger partial charge in [0, 0.05) is 3.57 Å². The fraction of sp³-hybridized carbons (Fsp3) is 0.143. The summed E-state index contributed by atoms with van der Waals surface area (Å²) in [5, 5.41) is 0. The van der Waals surface area contributed by atoms with Crippen molar-refractivity contribution in [1.82, 2.24) is 5.43 Å². The summed E-state index contributed by atoms with van der Waals surface area (Å²) in [5.41, 5.74) is 4.82. The first-order valence-electron chi connectivity index (χ1n) is 5.65. The average Bonchev–Trinajstić information content (AvgIpc) is 2.36. The Hall–Kier alpha value is -0.980. The fourth-order valence-corrected chi connectivity index (χ4v) is 2.46. The minimum Gasteiger partial charge on any atom is -0.271 e. The van der Waals surface area contributed by atoms with Crippen LogP contribution in [-0.2, 0) is 6.42 Å². The molecule has 0 bridgehead atoms. The van der Waals surface area contributed by atoms with E-state index in [0.29, 0.717) is 6.42 Å². The molecule has 2 rings (SSSR count). The second-order valence-corrected chi connectivity index (χ2v) is 5.35. The number of nitrogens with one attached hydrogen (secondary N) is 1. The number of benzene rings is 2. The van der Waals surface area contributed by atoms with Crippen LogP contribution in [-0.4, -0.2) is 0 Å². The summed E-state index contributed by atoms with van der Waals surface area (Å²) in [4.78, 5) is 0. The van der Waals surface area contributed by atoms with Crippen molar-refractivity contribution < 1.29 is 4.39 Å². The Morgan fingerprint density at radius 2 is 1.94 bits per heavy atom. The smallest absolute Gasteiger partial charge is 0.123 e. The molecule has 1 unspecified atom stereocenters. The molecule has 0 amide bonds. The fourth-order valence-electron chi connectivity index (χ4n) is 1.90. The van der Waals surface area contributed by atoms with E-state index in [0.717, 1.165) is 14.7 Å². The first kappa shape index (κ1) is 13.5. The minimum absolute atomic E-state index is 0.0125. The zero-order valence-electron chi connectivity index (χ0n) is 9.74.